The van der Waals surface area contributed by atoms with E-state index < -0.39 is 17.4 Å². The van der Waals surface area contributed by atoms with Crippen LogP contribution >= 0.6 is 0 Å². The number of hydrogen-bond donors (Lipinski definition) is 5. The molecule has 0 bridgehead atoms. The third kappa shape index (κ3) is 7.72. The average Bonchev–Trinajstić information content (AvgIpc) is 2.46. The molecule has 7 heteroatoms. The fourth-order valence-corrected chi connectivity index (χ4v) is 1.55. The Morgan fingerprint density at radius 3 is 2.09 bits per heavy atom. The molecule has 0 aliphatic carbocycles. The Morgan fingerprint density at radius 2 is 1.59 bits per heavy atom. The maximum atomic E-state index is 11.7. The first-order valence-electron chi connectivity index (χ1n) is 7.50. The molecule has 0 heterocycles. The highest BCUT2D eigenvalue weighted by atomic mass is 16.3. The van der Waals surface area contributed by atoms with Crippen molar-refractivity contribution in [1.29, 1.82) is 0 Å². The van der Waals surface area contributed by atoms with Gasteiger partial charge in [0.15, 0.2) is 0 Å². The van der Waals surface area contributed by atoms with Crippen LogP contribution in [0.2, 0.25) is 0 Å². The molecule has 0 spiro atoms. The van der Waals surface area contributed by atoms with Gasteiger partial charge < -0.3 is 26.0 Å². The molecule has 0 fully saturated rings. The van der Waals surface area contributed by atoms with Crippen LogP contribution in [0.1, 0.15) is 40.5 Å². The quantitative estimate of drug-likeness (QED) is 0.368. The van der Waals surface area contributed by atoms with Crippen LogP contribution in [-0.4, -0.2) is 59.5 Å². The number of aliphatic hydroxyl groups is 3. The van der Waals surface area contributed by atoms with Gasteiger partial charge >= 0.3 is 0 Å². The molecule has 5 N–H and O–H groups in total. The van der Waals surface area contributed by atoms with Crippen molar-refractivity contribution in [3.63, 3.8) is 0 Å². The highest BCUT2D eigenvalue weighted by Crippen LogP contribution is 2.19. The monoisotopic (exact) mass is 318 g/mol. The highest BCUT2D eigenvalue weighted by molar-refractivity contribution is 5.82. The summed E-state index contributed by atoms with van der Waals surface area (Å²) >= 11 is 0. The lowest BCUT2D eigenvalue weighted by atomic mass is 9.87. The molecule has 22 heavy (non-hydrogen) atoms. The summed E-state index contributed by atoms with van der Waals surface area (Å²) in [5.41, 5.74) is -1.16. The largest absolute Gasteiger partial charge is 0.396 e. The maximum Gasteiger partial charge on any atom is 0.249 e. The van der Waals surface area contributed by atoms with Crippen LogP contribution in [0.15, 0.2) is 0 Å². The van der Waals surface area contributed by atoms with Crippen molar-refractivity contribution < 1.29 is 24.9 Å². The third-order valence-corrected chi connectivity index (χ3v) is 3.60. The summed E-state index contributed by atoms with van der Waals surface area (Å²) in [6.45, 7) is 7.28. The fraction of sp³-hybridized carbons (Fsp3) is 0.867. The summed E-state index contributed by atoms with van der Waals surface area (Å²) in [6, 6.07) is 0. The second-order valence-corrected chi connectivity index (χ2v) is 7.01. The van der Waals surface area contributed by atoms with Crippen molar-refractivity contribution in [3.05, 3.63) is 0 Å². The molecule has 0 saturated carbocycles. The Labute approximate surface area is 132 Å². The van der Waals surface area contributed by atoms with E-state index in [1.54, 1.807) is 13.8 Å². The summed E-state index contributed by atoms with van der Waals surface area (Å²) in [5.74, 6) is -0.807. The van der Waals surface area contributed by atoms with E-state index in [0.29, 0.717) is 13.0 Å². The van der Waals surface area contributed by atoms with Gasteiger partial charge in [0.25, 0.3) is 0 Å². The van der Waals surface area contributed by atoms with Gasteiger partial charge in [-0.1, -0.05) is 27.7 Å². The number of aliphatic hydroxyl groups excluding tert-OH is 3. The predicted molar refractivity (Wildman–Crippen MR) is 83.0 cm³/mol. The number of amides is 2. The Kier molecular flexibility index (Phi) is 8.58. The van der Waals surface area contributed by atoms with Gasteiger partial charge in [0.05, 0.1) is 6.61 Å². The third-order valence-electron chi connectivity index (χ3n) is 3.60. The highest BCUT2D eigenvalue weighted by Gasteiger charge is 2.32. The normalized spacial score (nSPS) is 13.6. The summed E-state index contributed by atoms with van der Waals surface area (Å²) in [5, 5.41) is 33.1. The lowest BCUT2D eigenvalue weighted by Gasteiger charge is -2.27. The predicted octanol–water partition coefficient (Wildman–Crippen LogP) is -0.603. The Morgan fingerprint density at radius 1 is 1.00 bits per heavy atom. The molecule has 0 aromatic rings. The maximum absolute atomic E-state index is 11.7. The summed E-state index contributed by atoms with van der Waals surface area (Å²) in [6.07, 6.45) is -0.561. The molecule has 130 valence electrons. The van der Waals surface area contributed by atoms with Gasteiger partial charge in [-0.05, 0) is 11.8 Å². The van der Waals surface area contributed by atoms with Gasteiger partial charge in [-0.25, -0.2) is 0 Å². The van der Waals surface area contributed by atoms with Gasteiger partial charge in [-0.15, -0.1) is 0 Å². The minimum atomic E-state index is -1.33. The van der Waals surface area contributed by atoms with Crippen LogP contribution in [0.5, 0.6) is 0 Å². The van der Waals surface area contributed by atoms with Crippen LogP contribution in [0.3, 0.4) is 0 Å². The number of hydrogen-bond acceptors (Lipinski definition) is 5. The van der Waals surface area contributed by atoms with Gasteiger partial charge in [0.1, 0.15) is 6.10 Å². The Bertz CT molecular complexity index is 369. The number of carbonyl (C=O) groups is 2. The van der Waals surface area contributed by atoms with Crippen molar-refractivity contribution in [2.24, 2.45) is 10.8 Å². The van der Waals surface area contributed by atoms with Crippen molar-refractivity contribution in [2.45, 2.75) is 46.6 Å². The van der Waals surface area contributed by atoms with Crippen molar-refractivity contribution in [1.82, 2.24) is 10.6 Å². The van der Waals surface area contributed by atoms with Crippen molar-refractivity contribution in [2.75, 3.05) is 26.3 Å². The molecular weight excluding hydrogens is 288 g/mol. The van der Waals surface area contributed by atoms with Crippen molar-refractivity contribution >= 4 is 11.8 Å². The second-order valence-electron chi connectivity index (χ2n) is 7.01. The molecule has 0 aliphatic heterocycles. The van der Waals surface area contributed by atoms with E-state index in [4.69, 9.17) is 10.2 Å². The number of nitrogens with one attached hydrogen (secondary N) is 2. The topological polar surface area (TPSA) is 119 Å². The molecule has 0 rings (SSSR count). The first kappa shape index (κ1) is 20.8. The Hall–Kier alpha value is -1.18. The lowest BCUT2D eigenvalue weighted by Crippen LogP contribution is -2.46. The zero-order valence-electron chi connectivity index (χ0n) is 14.0. The smallest absolute Gasteiger partial charge is 0.249 e. The zero-order valence-corrected chi connectivity index (χ0v) is 14.0. The van der Waals surface area contributed by atoms with Gasteiger partial charge in [0, 0.05) is 31.5 Å². The molecular formula is C15H30N2O5. The molecule has 0 aromatic carbocycles. The first-order chi connectivity index (χ1) is 10.1. The minimum absolute atomic E-state index is 0.0530. The summed E-state index contributed by atoms with van der Waals surface area (Å²) in [7, 11) is 0. The van der Waals surface area contributed by atoms with Gasteiger partial charge in [0.2, 0.25) is 11.8 Å². The molecule has 7 nitrogen and oxygen atoms in total. The fourth-order valence-electron chi connectivity index (χ4n) is 1.55. The zero-order chi connectivity index (χ0) is 17.4. The SMILES string of the molecule is CC(C)(CO)CCNC(=O)CCNC(=O)[C@H](O)C(C)(C)CO. The lowest BCUT2D eigenvalue weighted by molar-refractivity contribution is -0.137. The Balaban J connectivity index is 3.96. The molecule has 0 aromatic heterocycles. The standard InChI is InChI=1S/C15H30N2O5/c1-14(2,9-18)6-8-16-11(20)5-7-17-13(22)12(21)15(3,4)10-19/h12,18-19,21H,5-10H2,1-4H3,(H,16,20)(H,17,22)/t12-/m0/s1. The average molecular weight is 318 g/mol. The van der Waals surface area contributed by atoms with E-state index in [9.17, 15) is 14.7 Å². The van der Waals surface area contributed by atoms with Gasteiger partial charge in [-0.3, -0.25) is 9.59 Å². The van der Waals surface area contributed by atoms with E-state index in [1.807, 2.05) is 13.8 Å². The van der Waals surface area contributed by atoms with E-state index >= 15 is 0 Å². The van der Waals surface area contributed by atoms with Crippen molar-refractivity contribution in [3.8, 4) is 0 Å². The van der Waals surface area contributed by atoms with Crippen LogP contribution < -0.4 is 10.6 Å². The molecule has 0 radical (unpaired) electrons. The van der Waals surface area contributed by atoms with Crippen LogP contribution in [0.25, 0.3) is 0 Å². The van der Waals surface area contributed by atoms with E-state index in [2.05, 4.69) is 10.6 Å². The molecule has 2 amide bonds. The van der Waals surface area contributed by atoms with E-state index in [0.717, 1.165) is 0 Å². The van der Waals surface area contributed by atoms with Crippen LogP contribution in [-0.2, 0) is 9.59 Å². The summed E-state index contributed by atoms with van der Waals surface area (Å²) in [4.78, 5) is 23.3. The first-order valence-corrected chi connectivity index (χ1v) is 7.50. The molecule has 1 atom stereocenters. The van der Waals surface area contributed by atoms with E-state index in [-0.39, 0.29) is 37.5 Å². The van der Waals surface area contributed by atoms with E-state index in [1.165, 1.54) is 0 Å². The minimum Gasteiger partial charge on any atom is -0.396 e. The van der Waals surface area contributed by atoms with Crippen LogP contribution in [0, 0.1) is 10.8 Å². The van der Waals surface area contributed by atoms with Crippen LogP contribution in [0.4, 0.5) is 0 Å². The molecule has 0 saturated heterocycles. The molecule has 0 aliphatic rings. The number of carbonyl (C=O) groups excluding carboxylic acids is 2. The number of rotatable bonds is 10. The summed E-state index contributed by atoms with van der Waals surface area (Å²) < 4.78 is 0. The second kappa shape index (κ2) is 9.07. The van der Waals surface area contributed by atoms with Gasteiger partial charge in [-0.2, -0.15) is 0 Å². The molecule has 0 unspecified atom stereocenters.